The average Bonchev–Trinajstić information content (AvgIpc) is 3.28. The van der Waals surface area contributed by atoms with E-state index in [1.165, 1.54) is 0 Å². The van der Waals surface area contributed by atoms with Crippen molar-refractivity contribution in [2.75, 3.05) is 0 Å². The van der Waals surface area contributed by atoms with Crippen LogP contribution in [0.3, 0.4) is 0 Å². The number of carbonyl (C=O) groups is 1. The highest BCUT2D eigenvalue weighted by Gasteiger charge is 2.43. The molecule has 2 heterocycles. The number of nitrogens with one attached hydrogen (secondary N) is 1. The van der Waals surface area contributed by atoms with Crippen molar-refractivity contribution >= 4 is 34.9 Å². The molecule has 4 rings (SSSR count). The van der Waals surface area contributed by atoms with Crippen molar-refractivity contribution in [3.8, 4) is 0 Å². The summed E-state index contributed by atoms with van der Waals surface area (Å²) < 4.78 is 1.85. The molecule has 1 amide bonds. The number of aryl methyl sites for hydroxylation is 1. The summed E-state index contributed by atoms with van der Waals surface area (Å²) in [4.78, 5) is 21.1. The molecule has 128 valence electrons. The number of carbonyl (C=O) groups excluding carboxylic acids is 1. The number of hydrogen-bond donors (Lipinski definition) is 1. The molecular formula is C18H16Cl2N4O. The molecule has 2 aromatic heterocycles. The minimum Gasteiger partial charge on any atom is -0.350 e. The first-order chi connectivity index (χ1) is 12.0. The first-order valence-electron chi connectivity index (χ1n) is 8.05. The van der Waals surface area contributed by atoms with E-state index < -0.39 is 0 Å². The molecule has 25 heavy (non-hydrogen) atoms. The normalized spacial score (nSPS) is 19.2. The van der Waals surface area contributed by atoms with Crippen molar-refractivity contribution in [1.82, 2.24) is 19.7 Å². The van der Waals surface area contributed by atoms with Crippen LogP contribution < -0.4 is 5.32 Å². The Morgan fingerprint density at radius 3 is 2.92 bits per heavy atom. The van der Waals surface area contributed by atoms with E-state index in [2.05, 4.69) is 15.3 Å². The zero-order valence-corrected chi connectivity index (χ0v) is 15.1. The molecule has 1 aromatic carbocycles. The van der Waals surface area contributed by atoms with Crippen LogP contribution in [0.4, 0.5) is 0 Å². The first kappa shape index (κ1) is 16.4. The van der Waals surface area contributed by atoms with Gasteiger partial charge < -0.3 is 5.32 Å². The van der Waals surface area contributed by atoms with Gasteiger partial charge in [-0.25, -0.2) is 9.97 Å². The Morgan fingerprint density at radius 2 is 2.12 bits per heavy atom. The summed E-state index contributed by atoms with van der Waals surface area (Å²) in [5, 5.41) is 4.02. The fraction of sp³-hybridized carbons (Fsp3) is 0.278. The number of imidazole rings is 1. The SMILES string of the molecule is Cc1ccn2cc(CNC(=O)[C@H]3C[C@H]3c3ccc(Cl)c(Cl)c3)nc2n1. The summed E-state index contributed by atoms with van der Waals surface area (Å²) in [6.45, 7) is 2.32. The van der Waals surface area contributed by atoms with Crippen molar-refractivity contribution in [3.05, 3.63) is 63.7 Å². The van der Waals surface area contributed by atoms with E-state index in [1.54, 1.807) is 6.07 Å². The second-order valence-corrected chi connectivity index (χ2v) is 7.16. The summed E-state index contributed by atoms with van der Waals surface area (Å²) in [6, 6.07) is 7.47. The Kier molecular flexibility index (Phi) is 4.13. The minimum atomic E-state index is -0.0188. The van der Waals surface area contributed by atoms with Gasteiger partial charge in [0, 0.05) is 24.0 Å². The van der Waals surface area contributed by atoms with Crippen LogP contribution >= 0.6 is 23.2 Å². The molecule has 5 nitrogen and oxygen atoms in total. The highest BCUT2D eigenvalue weighted by molar-refractivity contribution is 6.42. The lowest BCUT2D eigenvalue weighted by Gasteiger charge is -2.04. The molecule has 0 aliphatic heterocycles. The summed E-state index contributed by atoms with van der Waals surface area (Å²) >= 11 is 12.0. The molecule has 0 unspecified atom stereocenters. The third kappa shape index (κ3) is 3.34. The molecule has 3 aromatic rings. The van der Waals surface area contributed by atoms with Gasteiger partial charge in [-0.3, -0.25) is 9.20 Å². The summed E-state index contributed by atoms with van der Waals surface area (Å²) in [5.41, 5.74) is 2.76. The minimum absolute atomic E-state index is 0.0188. The van der Waals surface area contributed by atoms with Crippen LogP contribution in [0.2, 0.25) is 10.0 Å². The Balaban J connectivity index is 1.38. The van der Waals surface area contributed by atoms with E-state index >= 15 is 0 Å². The molecule has 0 saturated heterocycles. The predicted molar refractivity (Wildman–Crippen MR) is 96.9 cm³/mol. The van der Waals surface area contributed by atoms with Crippen molar-refractivity contribution < 1.29 is 4.79 Å². The largest absolute Gasteiger partial charge is 0.350 e. The number of amides is 1. The highest BCUT2D eigenvalue weighted by atomic mass is 35.5. The Bertz CT molecular complexity index is 969. The highest BCUT2D eigenvalue weighted by Crippen LogP contribution is 2.48. The molecule has 0 radical (unpaired) electrons. The number of hydrogen-bond acceptors (Lipinski definition) is 3. The van der Waals surface area contributed by atoms with Crippen LogP contribution in [0.25, 0.3) is 5.78 Å². The Labute approximate surface area is 155 Å². The molecule has 2 atom stereocenters. The van der Waals surface area contributed by atoms with Crippen molar-refractivity contribution in [2.45, 2.75) is 25.8 Å². The summed E-state index contributed by atoms with van der Waals surface area (Å²) in [5.74, 6) is 0.872. The molecule has 1 saturated carbocycles. The maximum absolute atomic E-state index is 12.4. The topological polar surface area (TPSA) is 59.3 Å². The van der Waals surface area contributed by atoms with Gasteiger partial charge in [0.05, 0.1) is 22.3 Å². The quantitative estimate of drug-likeness (QED) is 0.755. The van der Waals surface area contributed by atoms with Crippen molar-refractivity contribution in [1.29, 1.82) is 0 Å². The third-order valence-corrected chi connectivity index (χ3v) is 5.20. The molecule has 0 spiro atoms. The molecule has 1 aliphatic rings. The third-order valence-electron chi connectivity index (χ3n) is 4.46. The van der Waals surface area contributed by atoms with Gasteiger partial charge in [-0.1, -0.05) is 29.3 Å². The van der Waals surface area contributed by atoms with E-state index in [1.807, 2.05) is 41.9 Å². The molecule has 1 fully saturated rings. The van der Waals surface area contributed by atoms with Gasteiger partial charge in [0.15, 0.2) is 0 Å². The van der Waals surface area contributed by atoms with Crippen molar-refractivity contribution in [2.24, 2.45) is 5.92 Å². The predicted octanol–water partition coefficient (Wildman–Crippen LogP) is 3.76. The standard InChI is InChI=1S/C18H16Cl2N4O/c1-10-4-5-24-9-12(23-18(24)22-10)8-21-17(25)14-7-13(14)11-2-3-15(19)16(20)6-11/h2-6,9,13-14H,7-8H2,1H3,(H,21,25)/t13-,14-/m0/s1. The second kappa shape index (κ2) is 6.32. The van der Waals surface area contributed by atoms with Crippen LogP contribution in [0.1, 0.15) is 29.3 Å². The van der Waals surface area contributed by atoms with E-state index in [0.717, 1.165) is 23.4 Å². The molecule has 0 bridgehead atoms. The monoisotopic (exact) mass is 374 g/mol. The van der Waals surface area contributed by atoms with Crippen LogP contribution in [-0.2, 0) is 11.3 Å². The van der Waals surface area contributed by atoms with Crippen molar-refractivity contribution in [3.63, 3.8) is 0 Å². The molecule has 1 N–H and O–H groups in total. The maximum Gasteiger partial charge on any atom is 0.234 e. The maximum atomic E-state index is 12.4. The number of nitrogens with zero attached hydrogens (tertiary/aromatic N) is 3. The van der Waals surface area contributed by atoms with E-state index in [-0.39, 0.29) is 17.7 Å². The fourth-order valence-electron chi connectivity index (χ4n) is 3.00. The average molecular weight is 375 g/mol. The van der Waals surface area contributed by atoms with Crippen LogP contribution in [0, 0.1) is 12.8 Å². The van der Waals surface area contributed by atoms with Gasteiger partial charge in [-0.05, 0) is 43.0 Å². The lowest BCUT2D eigenvalue weighted by Crippen LogP contribution is -2.25. The Morgan fingerprint density at radius 1 is 1.28 bits per heavy atom. The van der Waals surface area contributed by atoms with Gasteiger partial charge in [-0.15, -0.1) is 0 Å². The number of fused-ring (bicyclic) bond motifs is 1. The zero-order chi connectivity index (χ0) is 17.6. The smallest absolute Gasteiger partial charge is 0.234 e. The number of halogens is 2. The van der Waals surface area contributed by atoms with Gasteiger partial charge in [0.1, 0.15) is 0 Å². The van der Waals surface area contributed by atoms with Gasteiger partial charge >= 0.3 is 0 Å². The first-order valence-corrected chi connectivity index (χ1v) is 8.81. The number of aromatic nitrogens is 3. The lowest BCUT2D eigenvalue weighted by atomic mass is 10.1. The fourth-order valence-corrected chi connectivity index (χ4v) is 3.31. The van der Waals surface area contributed by atoms with Crippen LogP contribution in [0.5, 0.6) is 0 Å². The summed E-state index contributed by atoms with van der Waals surface area (Å²) in [7, 11) is 0. The molecular weight excluding hydrogens is 359 g/mol. The molecule has 1 aliphatic carbocycles. The second-order valence-electron chi connectivity index (χ2n) is 6.35. The van der Waals surface area contributed by atoms with Gasteiger partial charge in [0.25, 0.3) is 0 Å². The van der Waals surface area contributed by atoms with Crippen LogP contribution in [-0.4, -0.2) is 20.3 Å². The van der Waals surface area contributed by atoms with Gasteiger partial charge in [-0.2, -0.15) is 0 Å². The summed E-state index contributed by atoms with van der Waals surface area (Å²) in [6.07, 6.45) is 4.62. The molecule has 7 heteroatoms. The number of rotatable bonds is 4. The van der Waals surface area contributed by atoms with E-state index in [4.69, 9.17) is 23.2 Å². The number of benzene rings is 1. The van der Waals surface area contributed by atoms with E-state index in [0.29, 0.717) is 22.4 Å². The van der Waals surface area contributed by atoms with Crippen LogP contribution in [0.15, 0.2) is 36.7 Å². The van der Waals surface area contributed by atoms with E-state index in [9.17, 15) is 4.79 Å². The van der Waals surface area contributed by atoms with Gasteiger partial charge in [0.2, 0.25) is 11.7 Å². The lowest BCUT2D eigenvalue weighted by molar-refractivity contribution is -0.122. The Hall–Kier alpha value is -2.11. The zero-order valence-electron chi connectivity index (χ0n) is 13.5.